The van der Waals surface area contributed by atoms with Crippen molar-refractivity contribution < 1.29 is 20.1 Å². The molecule has 4 heteroatoms. The summed E-state index contributed by atoms with van der Waals surface area (Å²) in [5.74, 6) is 7.12. The van der Waals surface area contributed by atoms with E-state index < -0.39 is 18.2 Å². The third-order valence-corrected chi connectivity index (χ3v) is 7.07. The zero-order valence-electron chi connectivity index (χ0n) is 16.4. The molecule has 6 atom stereocenters. The molecule has 0 unspecified atom stereocenters. The van der Waals surface area contributed by atoms with Crippen molar-refractivity contribution >= 4 is 5.97 Å². The Bertz CT molecular complexity index is 608. The Balaban J connectivity index is 1.61. The van der Waals surface area contributed by atoms with Gasteiger partial charge in [0.15, 0.2) is 0 Å². The van der Waals surface area contributed by atoms with E-state index in [1.165, 1.54) is 24.8 Å². The van der Waals surface area contributed by atoms with E-state index >= 15 is 0 Å². The fourth-order valence-electron chi connectivity index (χ4n) is 5.52. The highest BCUT2D eigenvalue weighted by molar-refractivity contribution is 5.66. The first-order valence-electron chi connectivity index (χ1n) is 10.8. The number of carbonyl (C=O) groups is 1. The van der Waals surface area contributed by atoms with Gasteiger partial charge in [-0.25, -0.2) is 0 Å². The van der Waals surface area contributed by atoms with Crippen LogP contribution in [0.4, 0.5) is 0 Å². The molecule has 3 rings (SSSR count). The van der Waals surface area contributed by atoms with Crippen LogP contribution in [0.5, 0.6) is 0 Å². The van der Waals surface area contributed by atoms with Crippen LogP contribution in [0.15, 0.2) is 11.6 Å². The summed E-state index contributed by atoms with van der Waals surface area (Å²) in [5, 5.41) is 29.7. The quantitative estimate of drug-likeness (QED) is 0.389. The maximum absolute atomic E-state index is 10.7. The van der Waals surface area contributed by atoms with E-state index in [4.69, 9.17) is 5.11 Å². The summed E-state index contributed by atoms with van der Waals surface area (Å²) in [5.41, 5.74) is 1.43. The van der Waals surface area contributed by atoms with Crippen molar-refractivity contribution in [1.29, 1.82) is 0 Å². The van der Waals surface area contributed by atoms with Gasteiger partial charge in [-0.05, 0) is 62.2 Å². The molecule has 0 radical (unpaired) electrons. The molecule has 3 saturated carbocycles. The molecule has 27 heavy (non-hydrogen) atoms. The number of carboxylic acids is 1. The summed E-state index contributed by atoms with van der Waals surface area (Å²) in [6.07, 6.45) is 10.5. The maximum Gasteiger partial charge on any atom is 0.303 e. The molecule has 0 aromatic rings. The van der Waals surface area contributed by atoms with Crippen molar-refractivity contribution in [3.8, 4) is 11.8 Å². The molecule has 0 spiro atoms. The van der Waals surface area contributed by atoms with E-state index in [1.807, 2.05) is 0 Å². The van der Waals surface area contributed by atoms with Crippen LogP contribution in [0.2, 0.25) is 0 Å². The van der Waals surface area contributed by atoms with Crippen molar-refractivity contribution in [2.75, 3.05) is 0 Å². The van der Waals surface area contributed by atoms with Crippen LogP contribution in [0.25, 0.3) is 0 Å². The SMILES string of the molecule is C[C@H]1/C(=C\CCCC(=O)O)[C@H]2CC[C@@H](O)[C@H](C#C[C@@H](O)C3CCCCC3)[C@H]21. The maximum atomic E-state index is 10.7. The zero-order valence-corrected chi connectivity index (χ0v) is 16.4. The van der Waals surface area contributed by atoms with Crippen LogP contribution < -0.4 is 0 Å². The number of carboxylic acid groups (broad SMARTS) is 1. The lowest BCUT2D eigenvalue weighted by molar-refractivity contribution is -0.137. The first kappa shape index (κ1) is 20.4. The number of hydrogen-bond donors (Lipinski definition) is 3. The number of unbranched alkanes of at least 4 members (excludes halogenated alkanes) is 1. The van der Waals surface area contributed by atoms with Crippen LogP contribution in [-0.4, -0.2) is 33.5 Å². The fraction of sp³-hybridized carbons (Fsp3) is 0.783. The number of aliphatic carboxylic acids is 1. The van der Waals surface area contributed by atoms with Gasteiger partial charge in [0.2, 0.25) is 0 Å². The zero-order chi connectivity index (χ0) is 19.4. The second-order valence-electron chi connectivity index (χ2n) is 8.76. The van der Waals surface area contributed by atoms with Crippen molar-refractivity contribution in [3.63, 3.8) is 0 Å². The smallest absolute Gasteiger partial charge is 0.303 e. The average molecular weight is 375 g/mol. The number of fused-ring (bicyclic) bond motifs is 1. The minimum absolute atomic E-state index is 0.0480. The molecule has 0 aromatic carbocycles. The number of rotatable bonds is 5. The van der Waals surface area contributed by atoms with E-state index in [1.54, 1.807) is 0 Å². The molecule has 3 N–H and O–H groups in total. The first-order valence-corrected chi connectivity index (χ1v) is 10.8. The molecular weight excluding hydrogens is 340 g/mol. The number of hydrogen-bond acceptors (Lipinski definition) is 3. The van der Waals surface area contributed by atoms with Gasteiger partial charge in [-0.15, -0.1) is 0 Å². The van der Waals surface area contributed by atoms with Crippen LogP contribution in [0.1, 0.15) is 71.1 Å². The van der Waals surface area contributed by atoms with Gasteiger partial charge in [0.25, 0.3) is 0 Å². The number of aliphatic hydroxyl groups is 2. The Labute approximate surface area is 163 Å². The van der Waals surface area contributed by atoms with Crippen LogP contribution in [0.3, 0.4) is 0 Å². The van der Waals surface area contributed by atoms with Gasteiger partial charge < -0.3 is 15.3 Å². The summed E-state index contributed by atoms with van der Waals surface area (Å²) in [6.45, 7) is 2.20. The fourth-order valence-corrected chi connectivity index (χ4v) is 5.52. The Kier molecular flexibility index (Phi) is 7.00. The molecule has 150 valence electrons. The van der Waals surface area contributed by atoms with Gasteiger partial charge in [-0.3, -0.25) is 4.79 Å². The molecule has 0 aromatic heterocycles. The summed E-state index contributed by atoms with van der Waals surface area (Å²) in [6, 6.07) is 0. The Hall–Kier alpha value is -1.31. The second kappa shape index (κ2) is 9.26. The molecular formula is C23H34O4. The molecule has 3 aliphatic rings. The van der Waals surface area contributed by atoms with Gasteiger partial charge in [-0.1, -0.05) is 49.7 Å². The van der Waals surface area contributed by atoms with Crippen LogP contribution in [0, 0.1) is 41.4 Å². The van der Waals surface area contributed by atoms with Crippen LogP contribution >= 0.6 is 0 Å². The van der Waals surface area contributed by atoms with E-state index in [9.17, 15) is 15.0 Å². The second-order valence-corrected chi connectivity index (χ2v) is 8.76. The third kappa shape index (κ3) is 4.76. The van der Waals surface area contributed by atoms with E-state index in [0.717, 1.165) is 32.1 Å². The van der Waals surface area contributed by atoms with Gasteiger partial charge in [-0.2, -0.15) is 0 Å². The molecule has 0 saturated heterocycles. The summed E-state index contributed by atoms with van der Waals surface area (Å²) in [4.78, 5) is 10.7. The Morgan fingerprint density at radius 2 is 1.96 bits per heavy atom. The predicted molar refractivity (Wildman–Crippen MR) is 105 cm³/mol. The summed E-state index contributed by atoms with van der Waals surface area (Å²) >= 11 is 0. The molecule has 0 aliphatic heterocycles. The Morgan fingerprint density at radius 1 is 1.22 bits per heavy atom. The minimum Gasteiger partial charge on any atom is -0.481 e. The standard InChI is InChI=1S/C23H34O4/c1-15-17(9-5-6-10-22(26)27)18-11-14-21(25)19(23(15)18)12-13-20(24)16-7-3-2-4-8-16/h9,15-16,18-21,23-25H,2-8,10-11,14H2,1H3,(H,26,27)/b17-9+/t15-,18+,19-,20+,21+,23-/m0/s1. The summed E-state index contributed by atoms with van der Waals surface area (Å²) < 4.78 is 0. The van der Waals surface area contributed by atoms with Crippen LogP contribution in [-0.2, 0) is 4.79 Å². The molecule has 0 bridgehead atoms. The highest BCUT2D eigenvalue weighted by Crippen LogP contribution is 2.55. The third-order valence-electron chi connectivity index (χ3n) is 7.07. The van der Waals surface area contributed by atoms with Crippen molar-refractivity contribution in [1.82, 2.24) is 0 Å². The lowest BCUT2D eigenvalue weighted by atomic mass is 9.51. The van der Waals surface area contributed by atoms with Gasteiger partial charge in [0.1, 0.15) is 6.10 Å². The topological polar surface area (TPSA) is 77.8 Å². The molecule has 4 nitrogen and oxygen atoms in total. The minimum atomic E-state index is -0.736. The monoisotopic (exact) mass is 374 g/mol. The highest BCUT2D eigenvalue weighted by atomic mass is 16.4. The van der Waals surface area contributed by atoms with Gasteiger partial charge in [0.05, 0.1) is 12.0 Å². The van der Waals surface area contributed by atoms with Crippen molar-refractivity contribution in [3.05, 3.63) is 11.6 Å². The highest BCUT2D eigenvalue weighted by Gasteiger charge is 2.50. The molecule has 0 amide bonds. The van der Waals surface area contributed by atoms with Crippen molar-refractivity contribution in [2.45, 2.75) is 83.3 Å². The van der Waals surface area contributed by atoms with E-state index in [0.29, 0.717) is 30.1 Å². The molecule has 0 heterocycles. The normalized spacial score (nSPS) is 36.3. The largest absolute Gasteiger partial charge is 0.481 e. The lowest BCUT2D eigenvalue weighted by Crippen LogP contribution is -2.50. The van der Waals surface area contributed by atoms with Gasteiger partial charge in [0, 0.05) is 6.42 Å². The average Bonchev–Trinajstić information content (AvgIpc) is 2.66. The number of allylic oxidation sites excluding steroid dienone is 2. The number of aliphatic hydroxyl groups excluding tert-OH is 2. The van der Waals surface area contributed by atoms with Gasteiger partial charge >= 0.3 is 5.97 Å². The predicted octanol–water partition coefficient (Wildman–Crippen LogP) is 3.77. The van der Waals surface area contributed by atoms with Crippen molar-refractivity contribution in [2.24, 2.45) is 29.6 Å². The molecule has 3 fully saturated rings. The van der Waals surface area contributed by atoms with E-state index in [2.05, 4.69) is 24.8 Å². The Morgan fingerprint density at radius 3 is 2.67 bits per heavy atom. The first-order chi connectivity index (χ1) is 13.0. The summed E-state index contributed by atoms with van der Waals surface area (Å²) in [7, 11) is 0. The van der Waals surface area contributed by atoms with E-state index in [-0.39, 0.29) is 12.3 Å². The molecule has 3 aliphatic carbocycles. The lowest BCUT2D eigenvalue weighted by Gasteiger charge is -2.53.